The van der Waals surface area contributed by atoms with Crippen LogP contribution in [0.5, 0.6) is 5.75 Å². The lowest BCUT2D eigenvalue weighted by Gasteiger charge is -2.35. The highest BCUT2D eigenvalue weighted by molar-refractivity contribution is 6.06. The number of carbonyl (C=O) groups is 3. The van der Waals surface area contributed by atoms with Gasteiger partial charge in [-0.3, -0.25) is 14.6 Å². The first-order valence-corrected chi connectivity index (χ1v) is 24.0. The minimum Gasteiger partial charge on any atom is -0.497 e. The number of rotatable bonds is 10. The molecule has 66 heavy (non-hydrogen) atoms. The van der Waals surface area contributed by atoms with Gasteiger partial charge in [0.2, 0.25) is 11.9 Å². The van der Waals surface area contributed by atoms with Crippen LogP contribution in [0, 0.1) is 24.7 Å². The number of hydrogen-bond acceptors (Lipinski definition) is 8. The lowest BCUT2D eigenvalue weighted by Crippen LogP contribution is -2.52. The number of hydrogen-bond donors (Lipinski definition) is 1. The van der Waals surface area contributed by atoms with Crippen molar-refractivity contribution in [3.63, 3.8) is 0 Å². The fourth-order valence-electron chi connectivity index (χ4n) is 10.7. The first-order valence-electron chi connectivity index (χ1n) is 24.0. The van der Waals surface area contributed by atoms with Gasteiger partial charge in [0, 0.05) is 49.4 Å². The van der Waals surface area contributed by atoms with Crippen LogP contribution >= 0.6 is 0 Å². The van der Waals surface area contributed by atoms with Gasteiger partial charge < -0.3 is 19.7 Å². The monoisotopic (exact) mass is 905 g/mol. The molecule has 8 rings (SSSR count). The number of aromatic nitrogens is 2. The quantitative estimate of drug-likeness (QED) is 0.156. The molecule has 0 spiro atoms. The van der Waals surface area contributed by atoms with E-state index in [1.54, 1.807) is 16.9 Å². The zero-order valence-corrected chi connectivity index (χ0v) is 39.3. The van der Waals surface area contributed by atoms with Crippen molar-refractivity contribution in [1.82, 2.24) is 19.8 Å². The molecule has 4 aromatic rings. The Kier molecular flexibility index (Phi) is 14.3. The summed E-state index contributed by atoms with van der Waals surface area (Å²) in [6, 6.07) is 21.3. The molecule has 3 fully saturated rings. The Morgan fingerprint density at radius 3 is 2.38 bits per heavy atom. The molecule has 13 heteroatoms. The summed E-state index contributed by atoms with van der Waals surface area (Å²) in [6.07, 6.45) is 10.6. The van der Waals surface area contributed by atoms with Crippen LogP contribution in [0.3, 0.4) is 0 Å². The number of benzene rings is 3. The predicted octanol–water partition coefficient (Wildman–Crippen LogP) is 11.9. The zero-order chi connectivity index (χ0) is 46.6. The summed E-state index contributed by atoms with van der Waals surface area (Å²) in [5.41, 5.74) is 6.84. The molecule has 0 radical (unpaired) electrons. The van der Waals surface area contributed by atoms with Gasteiger partial charge >= 0.3 is 12.1 Å². The van der Waals surface area contributed by atoms with E-state index in [0.29, 0.717) is 56.5 Å². The lowest BCUT2D eigenvalue weighted by atomic mass is 9.73. The van der Waals surface area contributed by atoms with E-state index in [0.717, 1.165) is 90.7 Å². The van der Waals surface area contributed by atoms with Gasteiger partial charge in [-0.05, 0) is 155 Å². The van der Waals surface area contributed by atoms with Crippen LogP contribution in [-0.2, 0) is 35.5 Å². The maximum absolute atomic E-state index is 16.5. The average Bonchev–Trinajstić information content (AvgIpc) is 3.42. The molecule has 3 heterocycles. The first-order chi connectivity index (χ1) is 31.6. The van der Waals surface area contributed by atoms with Crippen LogP contribution < -0.4 is 15.0 Å². The number of nitrogens with zero attached hydrogens (tertiary/aromatic N) is 5. The zero-order valence-electron chi connectivity index (χ0n) is 39.3. The topological polar surface area (TPSA) is 117 Å². The van der Waals surface area contributed by atoms with Gasteiger partial charge in [-0.25, -0.2) is 28.3 Å². The van der Waals surface area contributed by atoms with Gasteiger partial charge in [-0.2, -0.15) is 0 Å². The molecule has 352 valence electrons. The molecular weight excluding hydrogens is 839 g/mol. The highest BCUT2D eigenvalue weighted by Gasteiger charge is 2.46. The van der Waals surface area contributed by atoms with Gasteiger partial charge in [0.05, 0.1) is 25.9 Å². The summed E-state index contributed by atoms with van der Waals surface area (Å²) in [7, 11) is 1.59. The molecule has 1 saturated heterocycles. The third-order valence-corrected chi connectivity index (χ3v) is 14.2. The van der Waals surface area contributed by atoms with Crippen molar-refractivity contribution in [3.8, 4) is 5.75 Å². The van der Waals surface area contributed by atoms with Crippen molar-refractivity contribution >= 4 is 35.4 Å². The normalized spacial score (nSPS) is 22.7. The Bertz CT molecular complexity index is 2350. The number of imide groups is 1. The van der Waals surface area contributed by atoms with Crippen molar-refractivity contribution in [2.24, 2.45) is 17.8 Å². The van der Waals surface area contributed by atoms with Gasteiger partial charge in [-0.15, -0.1) is 0 Å². The Morgan fingerprint density at radius 1 is 0.879 bits per heavy atom. The Morgan fingerprint density at radius 2 is 1.64 bits per heavy atom. The fraction of sp³-hybridized carbons (Fsp3) is 0.528. The second kappa shape index (κ2) is 20.1. The third kappa shape index (κ3) is 11.3. The van der Waals surface area contributed by atoms with E-state index in [1.807, 2.05) is 88.5 Å². The Labute approximate surface area is 388 Å². The second-order valence-electron chi connectivity index (χ2n) is 20.1. The van der Waals surface area contributed by atoms with Gasteiger partial charge in [0.15, 0.2) is 0 Å². The molecule has 0 bridgehead atoms. The van der Waals surface area contributed by atoms with E-state index in [2.05, 4.69) is 22.4 Å². The number of ether oxygens (including phenoxy) is 2. The van der Waals surface area contributed by atoms with E-state index in [-0.39, 0.29) is 49.3 Å². The molecule has 3 aromatic carbocycles. The number of alkyl halides is 2. The molecule has 4 atom stereocenters. The standard InChI is InChI=1S/C53H66F2N6O5/c1-35-29-37(15-24-47(35)60-28-26-48(62)61(50(60)63)33-36-13-22-44(65-5)23-14-36)30-38-9-8-12-45(53(54,55)31-38)41-11-7-6-10-39(16-17-41)40-18-20-43(21-19-40)57-49-56-32-42-25-27-59(34-46(42)58-49)51(64)66-52(2,3)4/h13-15,18-24,29,32,38-39,41,45H,6-12,16-17,25-28,30-31,33-34H2,1-5H3,(H,56,57,58). The van der Waals surface area contributed by atoms with Crippen LogP contribution in [0.2, 0.25) is 0 Å². The van der Waals surface area contributed by atoms with Crippen LogP contribution in [0.15, 0.2) is 72.9 Å². The Hall–Kier alpha value is -5.59. The minimum absolute atomic E-state index is 0.00494. The van der Waals surface area contributed by atoms with E-state index >= 15 is 8.78 Å². The molecule has 2 aliphatic heterocycles. The van der Waals surface area contributed by atoms with Crippen LogP contribution in [0.25, 0.3) is 0 Å². The summed E-state index contributed by atoms with van der Waals surface area (Å²) in [5, 5.41) is 3.34. The maximum atomic E-state index is 16.5. The molecular formula is C53H66F2N6O5. The van der Waals surface area contributed by atoms with Crippen LogP contribution in [0.1, 0.15) is 131 Å². The molecule has 4 aliphatic rings. The van der Waals surface area contributed by atoms with E-state index < -0.39 is 17.4 Å². The largest absolute Gasteiger partial charge is 0.497 e. The summed E-state index contributed by atoms with van der Waals surface area (Å²) in [4.78, 5) is 53.2. The number of amides is 4. The molecule has 2 aliphatic carbocycles. The summed E-state index contributed by atoms with van der Waals surface area (Å²) in [6.45, 7) is 8.94. The third-order valence-electron chi connectivity index (χ3n) is 14.2. The number of methoxy groups -OCH3 is 1. The SMILES string of the molecule is COc1ccc(CN2C(=O)CCN(c3ccc(CC4CCCC(C5CCCCC(c6ccc(Nc7ncc8c(n7)CN(C(=O)OC(C)(C)C)CC8)cc6)CC5)C(F)(F)C4)cc3C)C2=O)cc1. The van der Waals surface area contributed by atoms with Gasteiger partial charge in [0.25, 0.3) is 5.92 Å². The van der Waals surface area contributed by atoms with Crippen molar-refractivity contribution < 1.29 is 32.6 Å². The number of anilines is 3. The number of halogens is 2. The maximum Gasteiger partial charge on any atom is 0.410 e. The van der Waals surface area contributed by atoms with Crippen LogP contribution in [-0.4, -0.2) is 69.5 Å². The van der Waals surface area contributed by atoms with Gasteiger partial charge in [-0.1, -0.05) is 55.7 Å². The molecule has 2 saturated carbocycles. The summed E-state index contributed by atoms with van der Waals surface area (Å²) < 4.78 is 43.9. The first kappa shape index (κ1) is 46.9. The summed E-state index contributed by atoms with van der Waals surface area (Å²) >= 11 is 0. The van der Waals surface area contributed by atoms with E-state index in [9.17, 15) is 14.4 Å². The van der Waals surface area contributed by atoms with Crippen molar-refractivity contribution in [1.29, 1.82) is 0 Å². The van der Waals surface area contributed by atoms with Crippen molar-refractivity contribution in [3.05, 3.63) is 106 Å². The lowest BCUT2D eigenvalue weighted by molar-refractivity contribution is -0.129. The number of fused-ring (bicyclic) bond motifs is 1. The smallest absolute Gasteiger partial charge is 0.410 e. The molecule has 1 N–H and O–H groups in total. The number of nitrogens with one attached hydrogen (secondary N) is 1. The number of aryl methyl sites for hydroxylation is 1. The minimum atomic E-state index is -2.74. The molecule has 4 unspecified atom stereocenters. The van der Waals surface area contributed by atoms with E-state index in [4.69, 9.17) is 14.5 Å². The number of urea groups is 1. The Balaban J connectivity index is 0.848. The van der Waals surface area contributed by atoms with Crippen molar-refractivity contribution in [2.45, 2.75) is 142 Å². The molecule has 1 aromatic heterocycles. The number of carbonyl (C=O) groups excluding carboxylic acids is 3. The summed E-state index contributed by atoms with van der Waals surface area (Å²) in [5.74, 6) is -2.20. The molecule has 4 amide bonds. The van der Waals surface area contributed by atoms with Crippen LogP contribution in [0.4, 0.5) is 35.7 Å². The highest BCUT2D eigenvalue weighted by atomic mass is 19.3. The fourth-order valence-corrected chi connectivity index (χ4v) is 10.7. The predicted molar refractivity (Wildman–Crippen MR) is 252 cm³/mol. The van der Waals surface area contributed by atoms with Gasteiger partial charge in [0.1, 0.15) is 11.4 Å². The van der Waals surface area contributed by atoms with Crippen molar-refractivity contribution in [2.75, 3.05) is 30.4 Å². The highest BCUT2D eigenvalue weighted by Crippen LogP contribution is 2.48. The molecule has 11 nitrogen and oxygen atoms in total. The second-order valence-corrected chi connectivity index (χ2v) is 20.1. The van der Waals surface area contributed by atoms with E-state index in [1.165, 1.54) is 10.5 Å². The average molecular weight is 905 g/mol.